The highest BCUT2D eigenvalue weighted by Crippen LogP contribution is 2.24. The van der Waals surface area contributed by atoms with Gasteiger partial charge < -0.3 is 14.6 Å². The fraction of sp³-hybridized carbons (Fsp3) is 0.167. The van der Waals surface area contributed by atoms with Gasteiger partial charge in [0.25, 0.3) is 5.89 Å². The van der Waals surface area contributed by atoms with Gasteiger partial charge in [-0.1, -0.05) is 35.5 Å². The van der Waals surface area contributed by atoms with Crippen LogP contribution in [0.15, 0.2) is 59.1 Å². The molecule has 122 valence electrons. The molecule has 0 unspecified atom stereocenters. The molecule has 2 aromatic carbocycles. The van der Waals surface area contributed by atoms with E-state index >= 15 is 0 Å². The molecule has 3 rings (SSSR count). The van der Waals surface area contributed by atoms with Gasteiger partial charge in [0.15, 0.2) is 6.10 Å². The molecule has 1 N–H and O–H groups in total. The van der Waals surface area contributed by atoms with Crippen LogP contribution in [0.4, 0.5) is 5.69 Å². The van der Waals surface area contributed by atoms with Crippen LogP contribution in [0.3, 0.4) is 0 Å². The van der Waals surface area contributed by atoms with Crippen LogP contribution in [0.1, 0.15) is 25.8 Å². The van der Waals surface area contributed by atoms with Crippen molar-refractivity contribution in [1.82, 2.24) is 10.1 Å². The molecule has 0 fully saturated rings. The Kier molecular flexibility index (Phi) is 4.56. The summed E-state index contributed by atoms with van der Waals surface area (Å²) in [5.74, 6) is 1.47. The maximum absolute atomic E-state index is 11.0. The molecule has 1 aromatic heterocycles. The number of amides is 1. The van der Waals surface area contributed by atoms with Crippen LogP contribution in [0, 0.1) is 0 Å². The van der Waals surface area contributed by atoms with E-state index in [0.29, 0.717) is 23.2 Å². The molecule has 3 aromatic rings. The largest absolute Gasteiger partial charge is 0.481 e. The summed E-state index contributed by atoms with van der Waals surface area (Å²) < 4.78 is 11.1. The fourth-order valence-corrected chi connectivity index (χ4v) is 2.18. The zero-order valence-electron chi connectivity index (χ0n) is 13.4. The van der Waals surface area contributed by atoms with Gasteiger partial charge in [-0.15, -0.1) is 0 Å². The van der Waals surface area contributed by atoms with Gasteiger partial charge in [0.2, 0.25) is 11.7 Å². The van der Waals surface area contributed by atoms with E-state index in [-0.39, 0.29) is 12.0 Å². The number of anilines is 1. The number of carbonyl (C=O) groups excluding carboxylic acids is 1. The Bertz CT molecular complexity index is 813. The normalized spacial score (nSPS) is 11.8. The number of benzene rings is 2. The molecule has 0 aliphatic rings. The zero-order chi connectivity index (χ0) is 16.9. The standard InChI is InChI=1S/C18H17N3O3/c1-12(23-16-10-8-15(9-11-16)19-13(2)22)18-20-17(21-24-18)14-6-4-3-5-7-14/h3-12H,1-2H3,(H,19,22)/t12-/m1/s1. The van der Waals surface area contributed by atoms with E-state index in [0.717, 1.165) is 5.56 Å². The molecule has 0 saturated heterocycles. The van der Waals surface area contributed by atoms with Crippen LogP contribution in [0.2, 0.25) is 0 Å². The predicted molar refractivity (Wildman–Crippen MR) is 89.5 cm³/mol. The molecule has 0 saturated carbocycles. The maximum Gasteiger partial charge on any atom is 0.267 e. The van der Waals surface area contributed by atoms with Crippen LogP contribution >= 0.6 is 0 Å². The van der Waals surface area contributed by atoms with Gasteiger partial charge in [-0.05, 0) is 31.2 Å². The van der Waals surface area contributed by atoms with Crippen molar-refractivity contribution in [2.45, 2.75) is 20.0 Å². The Labute approximate surface area is 139 Å². The minimum atomic E-state index is -0.387. The summed E-state index contributed by atoms with van der Waals surface area (Å²) in [6.45, 7) is 3.30. The van der Waals surface area contributed by atoms with Gasteiger partial charge >= 0.3 is 0 Å². The van der Waals surface area contributed by atoms with Crippen LogP contribution in [-0.4, -0.2) is 16.0 Å². The number of aromatic nitrogens is 2. The van der Waals surface area contributed by atoms with E-state index in [1.807, 2.05) is 37.3 Å². The van der Waals surface area contributed by atoms with Crippen LogP contribution in [0.5, 0.6) is 5.75 Å². The SMILES string of the molecule is CC(=O)Nc1ccc(O[C@H](C)c2nc(-c3ccccc3)no2)cc1. The summed E-state index contributed by atoms with van der Waals surface area (Å²) in [6, 6.07) is 16.7. The maximum atomic E-state index is 11.0. The predicted octanol–water partition coefficient (Wildman–Crippen LogP) is 3.84. The van der Waals surface area contributed by atoms with Gasteiger partial charge in [-0.25, -0.2) is 0 Å². The summed E-state index contributed by atoms with van der Waals surface area (Å²) in [4.78, 5) is 15.4. The van der Waals surface area contributed by atoms with Gasteiger partial charge in [0, 0.05) is 18.2 Å². The third-order valence-electron chi connectivity index (χ3n) is 3.31. The average Bonchev–Trinajstić information content (AvgIpc) is 3.07. The van der Waals surface area contributed by atoms with E-state index in [1.54, 1.807) is 24.3 Å². The quantitative estimate of drug-likeness (QED) is 0.772. The summed E-state index contributed by atoms with van der Waals surface area (Å²) in [5, 5.41) is 6.69. The zero-order valence-corrected chi connectivity index (χ0v) is 13.4. The Hall–Kier alpha value is -3.15. The highest BCUT2D eigenvalue weighted by Gasteiger charge is 2.16. The number of ether oxygens (including phenoxy) is 1. The summed E-state index contributed by atoms with van der Waals surface area (Å²) in [7, 11) is 0. The first kappa shape index (κ1) is 15.7. The third-order valence-corrected chi connectivity index (χ3v) is 3.31. The minimum Gasteiger partial charge on any atom is -0.481 e. The van der Waals surface area contributed by atoms with Crippen molar-refractivity contribution in [3.05, 3.63) is 60.5 Å². The molecule has 1 amide bonds. The van der Waals surface area contributed by atoms with E-state index in [4.69, 9.17) is 9.26 Å². The van der Waals surface area contributed by atoms with Crippen LogP contribution in [0.25, 0.3) is 11.4 Å². The molecule has 1 atom stereocenters. The Morgan fingerprint density at radius 2 is 1.83 bits per heavy atom. The highest BCUT2D eigenvalue weighted by atomic mass is 16.5. The number of hydrogen-bond donors (Lipinski definition) is 1. The molecule has 6 heteroatoms. The second kappa shape index (κ2) is 6.95. The second-order valence-electron chi connectivity index (χ2n) is 5.29. The molecule has 0 aliphatic heterocycles. The topological polar surface area (TPSA) is 77.2 Å². The van der Waals surface area contributed by atoms with Crippen molar-refractivity contribution in [1.29, 1.82) is 0 Å². The fourth-order valence-electron chi connectivity index (χ4n) is 2.18. The van der Waals surface area contributed by atoms with Gasteiger partial charge in [-0.2, -0.15) is 4.98 Å². The van der Waals surface area contributed by atoms with Crippen molar-refractivity contribution in [2.75, 3.05) is 5.32 Å². The first-order chi connectivity index (χ1) is 11.6. The number of rotatable bonds is 5. The van der Waals surface area contributed by atoms with Gasteiger partial charge in [0.05, 0.1) is 0 Å². The lowest BCUT2D eigenvalue weighted by molar-refractivity contribution is -0.114. The molecule has 6 nitrogen and oxygen atoms in total. The number of nitrogens with one attached hydrogen (secondary N) is 1. The summed E-state index contributed by atoms with van der Waals surface area (Å²) in [6.07, 6.45) is -0.387. The first-order valence-corrected chi connectivity index (χ1v) is 7.55. The lowest BCUT2D eigenvalue weighted by Crippen LogP contribution is -2.06. The molecule has 0 radical (unpaired) electrons. The smallest absolute Gasteiger partial charge is 0.267 e. The molecule has 0 spiro atoms. The van der Waals surface area contributed by atoms with E-state index in [2.05, 4.69) is 15.5 Å². The third kappa shape index (κ3) is 3.78. The first-order valence-electron chi connectivity index (χ1n) is 7.55. The highest BCUT2D eigenvalue weighted by molar-refractivity contribution is 5.88. The van der Waals surface area contributed by atoms with Gasteiger partial charge in [-0.3, -0.25) is 4.79 Å². The summed E-state index contributed by atoms with van der Waals surface area (Å²) in [5.41, 5.74) is 1.60. The van der Waals surface area contributed by atoms with Crippen molar-refractivity contribution in [2.24, 2.45) is 0 Å². The molecule has 1 heterocycles. The van der Waals surface area contributed by atoms with E-state index < -0.39 is 0 Å². The van der Waals surface area contributed by atoms with Crippen molar-refractivity contribution < 1.29 is 14.1 Å². The van der Waals surface area contributed by atoms with Crippen molar-refractivity contribution in [3.8, 4) is 17.1 Å². The van der Waals surface area contributed by atoms with Crippen LogP contribution in [-0.2, 0) is 4.79 Å². The van der Waals surface area contributed by atoms with E-state index in [1.165, 1.54) is 6.92 Å². The Morgan fingerprint density at radius 1 is 1.12 bits per heavy atom. The van der Waals surface area contributed by atoms with Crippen molar-refractivity contribution in [3.63, 3.8) is 0 Å². The summed E-state index contributed by atoms with van der Waals surface area (Å²) >= 11 is 0. The molecular weight excluding hydrogens is 306 g/mol. The molecule has 0 bridgehead atoms. The monoisotopic (exact) mass is 323 g/mol. The number of hydrogen-bond acceptors (Lipinski definition) is 5. The Balaban J connectivity index is 1.68. The Morgan fingerprint density at radius 3 is 2.50 bits per heavy atom. The van der Waals surface area contributed by atoms with Gasteiger partial charge in [0.1, 0.15) is 5.75 Å². The molecule has 0 aliphatic carbocycles. The number of carbonyl (C=O) groups is 1. The minimum absolute atomic E-state index is 0.115. The van der Waals surface area contributed by atoms with E-state index in [9.17, 15) is 4.79 Å². The molecule has 24 heavy (non-hydrogen) atoms. The lowest BCUT2D eigenvalue weighted by atomic mass is 10.2. The van der Waals surface area contributed by atoms with Crippen LogP contribution < -0.4 is 10.1 Å². The van der Waals surface area contributed by atoms with Crippen molar-refractivity contribution >= 4 is 11.6 Å². The number of nitrogens with zero attached hydrogens (tertiary/aromatic N) is 2. The molecular formula is C18H17N3O3. The lowest BCUT2D eigenvalue weighted by Gasteiger charge is -2.11. The second-order valence-corrected chi connectivity index (χ2v) is 5.29. The average molecular weight is 323 g/mol.